The number of rotatable bonds is 2. The summed E-state index contributed by atoms with van der Waals surface area (Å²) in [5, 5.41) is 6.63. The maximum atomic E-state index is 13.3. The molecule has 1 amide bonds. The molecule has 0 saturated heterocycles. The number of nitrogens with zero attached hydrogens (tertiary/aromatic N) is 4. The van der Waals surface area contributed by atoms with E-state index >= 15 is 0 Å². The Balaban J connectivity index is 1.59. The molecular weight excluding hydrogens is 408 g/mol. The molecule has 0 bridgehead atoms. The number of carbonyl (C=O) groups is 1. The van der Waals surface area contributed by atoms with Crippen LogP contribution in [0.1, 0.15) is 12.5 Å². The third-order valence-electron chi connectivity index (χ3n) is 5.65. The van der Waals surface area contributed by atoms with Gasteiger partial charge in [-0.15, -0.1) is 5.10 Å². The molecule has 0 fully saturated rings. The molecule has 1 aliphatic heterocycles. The summed E-state index contributed by atoms with van der Waals surface area (Å²) in [7, 11) is 0. The average molecular weight is 424 g/mol. The summed E-state index contributed by atoms with van der Waals surface area (Å²) in [4.78, 5) is 33.2. The molecule has 0 aliphatic carbocycles. The van der Waals surface area contributed by atoms with Gasteiger partial charge in [0.2, 0.25) is 4.96 Å². The van der Waals surface area contributed by atoms with Crippen LogP contribution in [-0.4, -0.2) is 27.0 Å². The van der Waals surface area contributed by atoms with Crippen LogP contribution < -0.4 is 15.0 Å². The normalized spacial score (nSPS) is 15.3. The Morgan fingerprint density at radius 1 is 0.903 bits per heavy atom. The lowest BCUT2D eigenvalue weighted by atomic mass is 10.0. The first kappa shape index (κ1) is 18.0. The van der Waals surface area contributed by atoms with E-state index in [9.17, 15) is 9.59 Å². The molecule has 5 aromatic rings. The van der Waals surface area contributed by atoms with Crippen LogP contribution in [-0.2, 0) is 4.79 Å². The fourth-order valence-electron chi connectivity index (χ4n) is 4.23. The highest BCUT2D eigenvalue weighted by molar-refractivity contribution is 7.15. The van der Waals surface area contributed by atoms with E-state index in [1.54, 1.807) is 4.90 Å². The van der Waals surface area contributed by atoms with Crippen LogP contribution in [0.2, 0.25) is 0 Å². The number of amides is 1. The number of fused-ring (bicyclic) bond motifs is 3. The highest BCUT2D eigenvalue weighted by Crippen LogP contribution is 2.35. The van der Waals surface area contributed by atoms with Crippen molar-refractivity contribution in [2.45, 2.75) is 6.92 Å². The molecule has 1 aliphatic rings. The van der Waals surface area contributed by atoms with Gasteiger partial charge in [-0.1, -0.05) is 72.0 Å². The third kappa shape index (κ3) is 2.50. The van der Waals surface area contributed by atoms with Crippen LogP contribution in [0.25, 0.3) is 32.7 Å². The van der Waals surface area contributed by atoms with Gasteiger partial charge >= 0.3 is 0 Å². The van der Waals surface area contributed by atoms with Gasteiger partial charge in [0.05, 0.1) is 11.3 Å². The van der Waals surface area contributed by atoms with E-state index in [1.165, 1.54) is 15.9 Å². The largest absolute Gasteiger partial charge is 0.308 e. The minimum Gasteiger partial charge on any atom is -0.308 e. The number of thiazole rings is 1. The molecule has 3 heterocycles. The second-order valence-corrected chi connectivity index (χ2v) is 8.31. The molecule has 7 heteroatoms. The quantitative estimate of drug-likeness (QED) is 0.436. The van der Waals surface area contributed by atoms with E-state index in [0.717, 1.165) is 27.6 Å². The Labute approximate surface area is 180 Å². The zero-order chi connectivity index (χ0) is 21.1. The van der Waals surface area contributed by atoms with Crippen LogP contribution in [0.5, 0.6) is 0 Å². The van der Waals surface area contributed by atoms with Gasteiger partial charge in [0.15, 0.2) is 5.82 Å². The Morgan fingerprint density at radius 3 is 2.48 bits per heavy atom. The number of likely N-dealkylation sites (N-methyl/N-ethyl adjacent to an activating group) is 1. The first-order chi connectivity index (χ1) is 15.2. The van der Waals surface area contributed by atoms with E-state index in [4.69, 9.17) is 0 Å². The molecular formula is C24H16N4O2S. The van der Waals surface area contributed by atoms with Crippen LogP contribution in [0.3, 0.4) is 0 Å². The van der Waals surface area contributed by atoms with E-state index < -0.39 is 0 Å². The second kappa shape index (κ2) is 6.58. The number of benzene rings is 3. The number of para-hydroxylation sites is 1. The van der Waals surface area contributed by atoms with Gasteiger partial charge < -0.3 is 4.90 Å². The van der Waals surface area contributed by atoms with Crippen molar-refractivity contribution in [2.75, 3.05) is 11.4 Å². The van der Waals surface area contributed by atoms with Crippen molar-refractivity contribution in [3.8, 4) is 11.4 Å². The van der Waals surface area contributed by atoms with Crippen molar-refractivity contribution in [2.24, 2.45) is 0 Å². The van der Waals surface area contributed by atoms with Crippen LogP contribution in [0.15, 0.2) is 71.5 Å². The maximum Gasteiger partial charge on any atom is 0.291 e. The van der Waals surface area contributed by atoms with Gasteiger partial charge in [0.25, 0.3) is 11.5 Å². The zero-order valence-electron chi connectivity index (χ0n) is 16.6. The zero-order valence-corrected chi connectivity index (χ0v) is 17.4. The molecule has 3 aromatic carbocycles. The lowest BCUT2D eigenvalue weighted by Crippen LogP contribution is -2.32. The maximum absolute atomic E-state index is 13.3. The molecule has 0 spiro atoms. The summed E-state index contributed by atoms with van der Waals surface area (Å²) in [5.74, 6) is 0.351. The number of hydrogen-bond donors (Lipinski definition) is 0. The highest BCUT2D eigenvalue weighted by atomic mass is 32.1. The van der Waals surface area contributed by atoms with Gasteiger partial charge in [-0.05, 0) is 23.8 Å². The van der Waals surface area contributed by atoms with Crippen molar-refractivity contribution in [3.05, 3.63) is 87.2 Å². The minimum atomic E-state index is -0.310. The predicted molar refractivity (Wildman–Crippen MR) is 122 cm³/mol. The SMILES string of the molecule is CCN1C(=O)/C(=c2\sc3nc(-c4cccc5ccccc45)nn3c2=O)c2ccccc21. The van der Waals surface area contributed by atoms with Crippen molar-refractivity contribution in [1.82, 2.24) is 14.6 Å². The monoisotopic (exact) mass is 424 g/mol. The molecule has 0 unspecified atom stereocenters. The number of hydrogen-bond acceptors (Lipinski definition) is 5. The molecule has 31 heavy (non-hydrogen) atoms. The molecule has 150 valence electrons. The molecule has 2 aromatic heterocycles. The van der Waals surface area contributed by atoms with Gasteiger partial charge in [-0.3, -0.25) is 9.59 Å². The standard InChI is InChI=1S/C24H16N4O2S/c1-2-27-18-13-6-5-11-17(18)19(22(27)29)20-23(30)28-24(31-20)25-21(26-28)16-12-7-9-14-8-3-4-10-15(14)16/h3-13H,2H2,1H3/b20-19-. The van der Waals surface area contributed by atoms with Gasteiger partial charge in [-0.25, -0.2) is 0 Å². The Morgan fingerprint density at radius 2 is 1.65 bits per heavy atom. The lowest BCUT2D eigenvalue weighted by molar-refractivity contribution is -0.113. The van der Waals surface area contributed by atoms with E-state index in [1.807, 2.05) is 73.7 Å². The summed E-state index contributed by atoms with van der Waals surface area (Å²) >= 11 is 1.21. The summed E-state index contributed by atoms with van der Waals surface area (Å²) in [6.45, 7) is 2.47. The molecule has 0 N–H and O–H groups in total. The Kier molecular flexibility index (Phi) is 3.82. The Hall–Kier alpha value is -3.84. The fourth-order valence-corrected chi connectivity index (χ4v) is 5.23. The fraction of sp³-hybridized carbons (Fsp3) is 0.0833. The van der Waals surface area contributed by atoms with Crippen molar-refractivity contribution in [3.63, 3.8) is 0 Å². The third-order valence-corrected chi connectivity index (χ3v) is 6.68. The van der Waals surface area contributed by atoms with E-state index in [2.05, 4.69) is 10.1 Å². The van der Waals surface area contributed by atoms with E-state index in [-0.39, 0.29) is 11.5 Å². The van der Waals surface area contributed by atoms with Crippen LogP contribution >= 0.6 is 11.3 Å². The average Bonchev–Trinajstić information content (AvgIpc) is 3.43. The van der Waals surface area contributed by atoms with Crippen molar-refractivity contribution >= 4 is 44.2 Å². The first-order valence-corrected chi connectivity index (χ1v) is 10.8. The van der Waals surface area contributed by atoms with Gasteiger partial charge in [0.1, 0.15) is 4.53 Å². The topological polar surface area (TPSA) is 67.6 Å². The van der Waals surface area contributed by atoms with Gasteiger partial charge in [-0.2, -0.15) is 9.50 Å². The lowest BCUT2D eigenvalue weighted by Gasteiger charge is -2.13. The first-order valence-electron chi connectivity index (χ1n) is 10.0. The summed E-state index contributed by atoms with van der Waals surface area (Å²) < 4.78 is 1.70. The molecule has 6 rings (SSSR count). The number of anilines is 1. The molecule has 0 saturated carbocycles. The number of carbonyl (C=O) groups excluding carboxylic acids is 1. The van der Waals surface area contributed by atoms with Gasteiger partial charge in [0, 0.05) is 17.7 Å². The summed E-state index contributed by atoms with van der Waals surface area (Å²) in [5.41, 5.74) is 2.62. The van der Waals surface area contributed by atoms with Crippen molar-refractivity contribution in [1.29, 1.82) is 0 Å². The molecule has 0 radical (unpaired) electrons. The minimum absolute atomic E-state index is 0.153. The van der Waals surface area contributed by atoms with Crippen LogP contribution in [0, 0.1) is 0 Å². The van der Waals surface area contributed by atoms with Crippen LogP contribution in [0.4, 0.5) is 5.69 Å². The highest BCUT2D eigenvalue weighted by Gasteiger charge is 2.33. The smallest absolute Gasteiger partial charge is 0.291 e. The predicted octanol–water partition coefficient (Wildman–Crippen LogP) is 3.26. The van der Waals surface area contributed by atoms with Crippen molar-refractivity contribution < 1.29 is 4.79 Å². The Bertz CT molecular complexity index is 1630. The second-order valence-electron chi connectivity index (χ2n) is 7.33. The molecule has 0 atom stereocenters. The van der Waals surface area contributed by atoms with E-state index in [0.29, 0.717) is 27.4 Å². The molecule has 6 nitrogen and oxygen atoms in total. The summed E-state index contributed by atoms with van der Waals surface area (Å²) in [6, 6.07) is 21.5. The summed E-state index contributed by atoms with van der Waals surface area (Å²) in [6.07, 6.45) is 0. The number of aromatic nitrogens is 3.